The van der Waals surface area contributed by atoms with Crippen molar-refractivity contribution in [3.63, 3.8) is 0 Å². The number of nitrogens with two attached hydrogens (primary N) is 2. The number of likely N-dealkylation sites (tertiary alicyclic amines) is 1. The molecular formula is C31H34N6S. The highest BCUT2D eigenvalue weighted by Gasteiger charge is 2.19. The van der Waals surface area contributed by atoms with Crippen LogP contribution in [0.4, 0.5) is 0 Å². The van der Waals surface area contributed by atoms with Gasteiger partial charge in [0.15, 0.2) is 0 Å². The molecule has 1 aliphatic heterocycles. The summed E-state index contributed by atoms with van der Waals surface area (Å²) >= 11 is 1.75. The van der Waals surface area contributed by atoms with Crippen molar-refractivity contribution in [3.05, 3.63) is 102 Å². The molecule has 7 heteroatoms. The van der Waals surface area contributed by atoms with Crippen molar-refractivity contribution < 1.29 is 0 Å². The van der Waals surface area contributed by atoms with Crippen molar-refractivity contribution in [1.29, 1.82) is 0 Å². The zero-order valence-electron chi connectivity index (χ0n) is 21.8. The second kappa shape index (κ2) is 12.2. The van der Waals surface area contributed by atoms with Gasteiger partial charge in [-0.1, -0.05) is 42.5 Å². The summed E-state index contributed by atoms with van der Waals surface area (Å²) in [4.78, 5) is 18.2. The number of aromatic nitrogens is 1. The summed E-state index contributed by atoms with van der Waals surface area (Å²) in [7, 11) is 2.20. The highest BCUT2D eigenvalue weighted by atomic mass is 32.1. The molecule has 0 spiro atoms. The summed E-state index contributed by atoms with van der Waals surface area (Å²) in [5, 5.41) is 0. The molecule has 0 bridgehead atoms. The Morgan fingerprint density at radius 3 is 2.21 bits per heavy atom. The Balaban J connectivity index is 1.28. The van der Waals surface area contributed by atoms with Crippen molar-refractivity contribution in [2.75, 3.05) is 20.1 Å². The number of benzene rings is 2. The minimum Gasteiger partial charge on any atom is -0.384 e. The number of nitrogens with zero attached hydrogens (tertiary/aromatic N) is 4. The van der Waals surface area contributed by atoms with Gasteiger partial charge in [-0.2, -0.15) is 0 Å². The van der Waals surface area contributed by atoms with Gasteiger partial charge in [-0.3, -0.25) is 15.0 Å². The maximum absolute atomic E-state index is 6.38. The van der Waals surface area contributed by atoms with Crippen molar-refractivity contribution in [1.82, 2.24) is 9.88 Å². The molecule has 194 valence electrons. The summed E-state index contributed by atoms with van der Waals surface area (Å²) in [5.41, 5.74) is 17.9. The van der Waals surface area contributed by atoms with E-state index in [0.29, 0.717) is 24.3 Å². The lowest BCUT2D eigenvalue weighted by Gasteiger charge is -2.18. The third-order valence-electron chi connectivity index (χ3n) is 7.06. The van der Waals surface area contributed by atoms with Crippen LogP contribution in [0.2, 0.25) is 0 Å². The SMILES string of the molecule is CN1CCCC1CCN=C(N)c1cccc(-c2ccc(-c3cccc(C(N)=NCc4cccnc4)c3)s2)c1. The van der Waals surface area contributed by atoms with Crippen LogP contribution in [-0.2, 0) is 6.54 Å². The molecule has 5 rings (SSSR count). The lowest BCUT2D eigenvalue weighted by atomic mass is 10.1. The van der Waals surface area contributed by atoms with Gasteiger partial charge >= 0.3 is 0 Å². The van der Waals surface area contributed by atoms with Gasteiger partial charge in [0.2, 0.25) is 0 Å². The van der Waals surface area contributed by atoms with Crippen LogP contribution in [0.3, 0.4) is 0 Å². The van der Waals surface area contributed by atoms with E-state index in [2.05, 4.69) is 69.4 Å². The molecule has 1 saturated heterocycles. The molecule has 0 aliphatic carbocycles. The molecule has 0 amide bonds. The third-order valence-corrected chi connectivity index (χ3v) is 8.25. The van der Waals surface area contributed by atoms with E-state index in [9.17, 15) is 0 Å². The number of amidine groups is 2. The molecule has 0 radical (unpaired) electrons. The summed E-state index contributed by atoms with van der Waals surface area (Å²) in [6.45, 7) is 2.46. The van der Waals surface area contributed by atoms with Crippen LogP contribution in [0.25, 0.3) is 20.9 Å². The normalized spacial score (nSPS) is 16.7. The van der Waals surface area contributed by atoms with Gasteiger partial charge in [-0.15, -0.1) is 11.3 Å². The minimum absolute atomic E-state index is 0.507. The van der Waals surface area contributed by atoms with Crippen LogP contribution >= 0.6 is 11.3 Å². The molecule has 2 aromatic carbocycles. The first-order valence-electron chi connectivity index (χ1n) is 13.1. The number of hydrogen-bond acceptors (Lipinski definition) is 5. The minimum atomic E-state index is 0.507. The molecule has 6 nitrogen and oxygen atoms in total. The predicted molar refractivity (Wildman–Crippen MR) is 160 cm³/mol. The van der Waals surface area contributed by atoms with Crippen LogP contribution in [0.5, 0.6) is 0 Å². The summed E-state index contributed by atoms with van der Waals surface area (Å²) < 4.78 is 0. The van der Waals surface area contributed by atoms with E-state index in [0.717, 1.165) is 40.8 Å². The van der Waals surface area contributed by atoms with E-state index >= 15 is 0 Å². The number of aliphatic imine (C=N–C) groups is 2. The van der Waals surface area contributed by atoms with Gasteiger partial charge in [0.1, 0.15) is 11.7 Å². The van der Waals surface area contributed by atoms with Gasteiger partial charge < -0.3 is 16.4 Å². The maximum atomic E-state index is 6.38. The quantitative estimate of drug-likeness (QED) is 0.222. The third kappa shape index (κ3) is 6.36. The predicted octanol–water partition coefficient (Wildman–Crippen LogP) is 5.57. The molecule has 38 heavy (non-hydrogen) atoms. The van der Waals surface area contributed by atoms with Crippen molar-refractivity contribution in [2.24, 2.45) is 21.5 Å². The highest BCUT2D eigenvalue weighted by Crippen LogP contribution is 2.35. The van der Waals surface area contributed by atoms with E-state index in [1.807, 2.05) is 36.5 Å². The molecule has 1 atom stereocenters. The zero-order chi connectivity index (χ0) is 26.3. The first kappa shape index (κ1) is 25.8. The first-order chi connectivity index (χ1) is 18.6. The van der Waals surface area contributed by atoms with E-state index in [-0.39, 0.29) is 0 Å². The van der Waals surface area contributed by atoms with Crippen LogP contribution in [0, 0.1) is 0 Å². The molecule has 1 fully saturated rings. The Kier molecular flexibility index (Phi) is 8.26. The maximum Gasteiger partial charge on any atom is 0.125 e. The Hall–Kier alpha value is -3.81. The Labute approximate surface area is 228 Å². The summed E-state index contributed by atoms with van der Waals surface area (Å²) in [6.07, 6.45) is 7.16. The lowest BCUT2D eigenvalue weighted by Crippen LogP contribution is -2.25. The molecule has 2 aromatic heterocycles. The van der Waals surface area contributed by atoms with E-state index in [1.54, 1.807) is 17.5 Å². The monoisotopic (exact) mass is 522 g/mol. The number of rotatable bonds is 9. The fourth-order valence-corrected chi connectivity index (χ4v) is 5.84. The van der Waals surface area contributed by atoms with Crippen LogP contribution in [-0.4, -0.2) is 47.7 Å². The molecule has 3 heterocycles. The Morgan fingerprint density at radius 1 is 0.921 bits per heavy atom. The second-order valence-electron chi connectivity index (χ2n) is 9.72. The molecule has 4 N–H and O–H groups in total. The first-order valence-corrected chi connectivity index (χ1v) is 13.9. The number of pyridine rings is 1. The van der Waals surface area contributed by atoms with Gasteiger partial charge in [-0.25, -0.2) is 0 Å². The fraction of sp³-hybridized carbons (Fsp3) is 0.258. The van der Waals surface area contributed by atoms with Crippen molar-refractivity contribution >= 4 is 23.0 Å². The van der Waals surface area contributed by atoms with Gasteiger partial charge in [-0.05, 0) is 79.9 Å². The van der Waals surface area contributed by atoms with E-state index < -0.39 is 0 Å². The van der Waals surface area contributed by atoms with Gasteiger partial charge in [0.05, 0.1) is 6.54 Å². The number of thiophene rings is 1. The molecule has 4 aromatic rings. The largest absolute Gasteiger partial charge is 0.384 e. The molecule has 1 aliphatic rings. The van der Waals surface area contributed by atoms with Crippen molar-refractivity contribution in [3.8, 4) is 20.9 Å². The Bertz CT molecular complexity index is 1430. The van der Waals surface area contributed by atoms with Gasteiger partial charge in [0, 0.05) is 45.9 Å². The smallest absolute Gasteiger partial charge is 0.125 e. The molecule has 0 saturated carbocycles. The summed E-state index contributed by atoms with van der Waals surface area (Å²) in [6, 6.07) is 25.4. The topological polar surface area (TPSA) is 92.9 Å². The van der Waals surface area contributed by atoms with E-state index in [4.69, 9.17) is 11.5 Å². The average molecular weight is 523 g/mol. The van der Waals surface area contributed by atoms with Crippen LogP contribution in [0.15, 0.2) is 95.2 Å². The van der Waals surface area contributed by atoms with E-state index in [1.165, 1.54) is 29.1 Å². The highest BCUT2D eigenvalue weighted by molar-refractivity contribution is 7.18. The zero-order valence-corrected chi connectivity index (χ0v) is 22.6. The van der Waals surface area contributed by atoms with Crippen LogP contribution in [0.1, 0.15) is 36.0 Å². The van der Waals surface area contributed by atoms with Gasteiger partial charge in [0.25, 0.3) is 0 Å². The molecule has 1 unspecified atom stereocenters. The second-order valence-corrected chi connectivity index (χ2v) is 10.8. The fourth-order valence-electron chi connectivity index (χ4n) is 4.84. The van der Waals surface area contributed by atoms with Crippen molar-refractivity contribution in [2.45, 2.75) is 31.8 Å². The number of hydrogen-bond donors (Lipinski definition) is 2. The summed E-state index contributed by atoms with van der Waals surface area (Å²) in [5.74, 6) is 1.13. The van der Waals surface area contributed by atoms with Crippen LogP contribution < -0.4 is 11.5 Å². The average Bonchev–Trinajstić information content (AvgIpc) is 3.62. The Morgan fingerprint density at radius 2 is 1.61 bits per heavy atom. The standard InChI is InChI=1S/C31H34N6S/c1-37-17-5-11-27(37)14-16-35-30(32)25-9-2-7-23(18-25)28-12-13-29(38-28)24-8-3-10-26(19-24)31(33)36-21-22-6-4-15-34-20-22/h2-4,6-10,12-13,15,18-20,27H,5,11,14,16-17,21H2,1H3,(H2,32,35)(H2,33,36). The molecular weight excluding hydrogens is 488 g/mol. The lowest BCUT2D eigenvalue weighted by molar-refractivity contribution is 0.299.